The van der Waals surface area contributed by atoms with E-state index in [1.165, 1.54) is 14.2 Å². The van der Waals surface area contributed by atoms with Crippen molar-refractivity contribution in [1.29, 1.82) is 0 Å². The Labute approximate surface area is 309 Å². The van der Waals surface area contributed by atoms with E-state index in [1.54, 1.807) is 19.9 Å². The Bertz CT molecular complexity index is 1440. The molecule has 53 heavy (non-hydrogen) atoms. The molecule has 0 spiro atoms. The van der Waals surface area contributed by atoms with Gasteiger partial charge in [-0.2, -0.15) is 0 Å². The summed E-state index contributed by atoms with van der Waals surface area (Å²) in [5.74, 6) is 0.113. The maximum atomic E-state index is 10.6. The molecule has 9 N–H and O–H groups in total. The smallest absolute Gasteiger partial charge is 0.261 e. The zero-order valence-electron chi connectivity index (χ0n) is 31.3. The first-order valence-corrected chi connectivity index (χ1v) is 17.5. The topological polar surface area (TPSA) is 250 Å². The summed E-state index contributed by atoms with van der Waals surface area (Å²) in [4.78, 5) is 4.59. The van der Waals surface area contributed by atoms with Gasteiger partial charge in [0.25, 0.3) is 5.88 Å². The van der Waals surface area contributed by atoms with Crippen LogP contribution in [-0.4, -0.2) is 152 Å². The fraction of sp³-hybridized carbons (Fsp3) is 0.649. The Balaban J connectivity index is 1.74. The largest absolute Gasteiger partial charge is 0.489 e. The van der Waals surface area contributed by atoms with Crippen LogP contribution in [0.4, 0.5) is 0 Å². The summed E-state index contributed by atoms with van der Waals surface area (Å²) >= 11 is 0. The first-order chi connectivity index (χ1) is 25.1. The number of aliphatic hydroxyl groups is 9. The zero-order valence-corrected chi connectivity index (χ0v) is 31.3. The summed E-state index contributed by atoms with van der Waals surface area (Å²) in [5.41, 5.74) is 3.70. The Hall–Kier alpha value is -2.97. The Morgan fingerprint density at radius 2 is 1.38 bits per heavy atom. The number of aromatic nitrogens is 1. The SMILES string of the molecule is COc1nc(CC=C(C)CC=CC(C)=CC(C)C(OC2OC(CO)C(O)C(O)C2O)C(C)=CCO)c(C)c(OC2OC(CO)C(O)C(O)C2O)c1OC. The maximum absolute atomic E-state index is 10.6. The van der Waals surface area contributed by atoms with E-state index in [0.717, 1.165) is 11.1 Å². The highest BCUT2D eigenvalue weighted by molar-refractivity contribution is 5.54. The van der Waals surface area contributed by atoms with Crippen molar-refractivity contribution >= 4 is 0 Å². The molecule has 16 nitrogen and oxygen atoms in total. The molecule has 2 aliphatic heterocycles. The normalized spacial score (nSPS) is 31.4. The summed E-state index contributed by atoms with van der Waals surface area (Å²) in [6.45, 7) is 7.82. The quantitative estimate of drug-likeness (QED) is 0.0733. The highest BCUT2D eigenvalue weighted by atomic mass is 16.7. The van der Waals surface area contributed by atoms with Crippen molar-refractivity contribution in [3.05, 3.63) is 58.4 Å². The van der Waals surface area contributed by atoms with Gasteiger partial charge in [-0.25, -0.2) is 4.98 Å². The Morgan fingerprint density at radius 1 is 0.792 bits per heavy atom. The van der Waals surface area contributed by atoms with E-state index >= 15 is 0 Å². The third-order valence-corrected chi connectivity index (χ3v) is 9.35. The number of ether oxygens (including phenoxy) is 6. The maximum Gasteiger partial charge on any atom is 0.261 e. The Kier molecular flexibility index (Phi) is 17.3. The second-order valence-corrected chi connectivity index (χ2v) is 13.4. The van der Waals surface area contributed by atoms with Crippen LogP contribution in [-0.2, 0) is 20.6 Å². The monoisotopic (exact) mass is 755 g/mol. The predicted molar refractivity (Wildman–Crippen MR) is 190 cm³/mol. The summed E-state index contributed by atoms with van der Waals surface area (Å²) in [6, 6.07) is 0. The lowest BCUT2D eigenvalue weighted by molar-refractivity contribution is -0.310. The first-order valence-electron chi connectivity index (χ1n) is 17.5. The van der Waals surface area contributed by atoms with Crippen LogP contribution in [0.15, 0.2) is 47.1 Å². The molecule has 2 fully saturated rings. The highest BCUT2D eigenvalue weighted by Gasteiger charge is 2.46. The van der Waals surface area contributed by atoms with Gasteiger partial charge in [0.15, 0.2) is 12.0 Å². The van der Waals surface area contributed by atoms with E-state index in [4.69, 9.17) is 28.4 Å². The molecule has 1 aromatic rings. The van der Waals surface area contributed by atoms with Crippen LogP contribution in [0, 0.1) is 12.8 Å². The fourth-order valence-corrected chi connectivity index (χ4v) is 6.17. The molecule has 0 aliphatic carbocycles. The van der Waals surface area contributed by atoms with E-state index in [1.807, 2.05) is 45.1 Å². The van der Waals surface area contributed by atoms with Crippen molar-refractivity contribution in [2.45, 2.75) is 115 Å². The molecule has 12 atom stereocenters. The molecule has 300 valence electrons. The Morgan fingerprint density at radius 3 is 1.92 bits per heavy atom. The van der Waals surface area contributed by atoms with Gasteiger partial charge in [-0.1, -0.05) is 48.5 Å². The van der Waals surface area contributed by atoms with Crippen molar-refractivity contribution in [2.24, 2.45) is 5.92 Å². The molecular weight excluding hydrogens is 698 g/mol. The molecule has 0 saturated carbocycles. The van der Waals surface area contributed by atoms with E-state index in [2.05, 4.69) is 4.98 Å². The van der Waals surface area contributed by atoms with Gasteiger partial charge in [-0.3, -0.25) is 0 Å². The molecule has 2 saturated heterocycles. The first kappa shape index (κ1) is 44.4. The van der Waals surface area contributed by atoms with E-state index in [9.17, 15) is 46.0 Å². The van der Waals surface area contributed by atoms with Gasteiger partial charge in [0.05, 0.1) is 45.8 Å². The molecule has 0 amide bonds. The van der Waals surface area contributed by atoms with Crippen LogP contribution >= 0.6 is 0 Å². The van der Waals surface area contributed by atoms with Crippen LogP contribution in [0.3, 0.4) is 0 Å². The van der Waals surface area contributed by atoms with Crippen molar-refractivity contribution in [3.8, 4) is 17.4 Å². The van der Waals surface area contributed by atoms with Gasteiger partial charge in [0.2, 0.25) is 12.0 Å². The minimum atomic E-state index is -1.63. The zero-order chi connectivity index (χ0) is 39.6. The van der Waals surface area contributed by atoms with Gasteiger partial charge in [-0.15, -0.1) is 0 Å². The molecule has 3 heterocycles. The van der Waals surface area contributed by atoms with Crippen LogP contribution in [0.2, 0.25) is 0 Å². The minimum absolute atomic E-state index is 0.117. The van der Waals surface area contributed by atoms with Crippen molar-refractivity contribution < 1.29 is 74.4 Å². The molecule has 0 aromatic carbocycles. The number of aliphatic hydroxyl groups excluding tert-OH is 9. The number of nitrogens with zero attached hydrogens (tertiary/aromatic N) is 1. The number of rotatable bonds is 17. The van der Waals surface area contributed by atoms with Crippen LogP contribution in [0.5, 0.6) is 17.4 Å². The van der Waals surface area contributed by atoms with Gasteiger partial charge in [0.1, 0.15) is 48.8 Å². The molecule has 0 radical (unpaired) electrons. The molecule has 2 aliphatic rings. The summed E-state index contributed by atoms with van der Waals surface area (Å²) in [7, 11) is 2.81. The van der Waals surface area contributed by atoms with E-state index < -0.39 is 80.7 Å². The molecule has 1 aromatic heterocycles. The van der Waals surface area contributed by atoms with E-state index in [-0.39, 0.29) is 29.9 Å². The average Bonchev–Trinajstić information content (AvgIpc) is 3.13. The van der Waals surface area contributed by atoms with Crippen molar-refractivity contribution in [2.75, 3.05) is 34.0 Å². The minimum Gasteiger partial charge on any atom is -0.489 e. The summed E-state index contributed by atoms with van der Waals surface area (Å²) < 4.78 is 34.1. The molecule has 0 bridgehead atoms. The van der Waals surface area contributed by atoms with Gasteiger partial charge >= 0.3 is 0 Å². The number of pyridine rings is 1. The van der Waals surface area contributed by atoms with Crippen LogP contribution in [0.25, 0.3) is 0 Å². The summed E-state index contributed by atoms with van der Waals surface area (Å²) in [6.07, 6.45) is -4.81. The molecular formula is C37H57NO15. The van der Waals surface area contributed by atoms with Crippen molar-refractivity contribution in [3.63, 3.8) is 0 Å². The van der Waals surface area contributed by atoms with Crippen molar-refractivity contribution in [1.82, 2.24) is 4.98 Å². The number of hydrogen-bond donors (Lipinski definition) is 9. The summed E-state index contributed by atoms with van der Waals surface area (Å²) in [5, 5.41) is 90.5. The standard InChI is InChI=1S/C37H57NO15/c1-18(9-8-10-19(2)15-21(4)32(20(3)13-14-39)52-36-30(46)28(44)26(42)24(16-40)50-36)11-12-23-22(5)33(34(48-6)35(38-23)49-7)53-37-31(47)29(45)27(43)25(17-41)51-37/h8,10-11,13,15,21,24-32,36-37,39-47H,9,12,14,16-17H2,1-7H3. The van der Waals surface area contributed by atoms with Gasteiger partial charge in [-0.05, 0) is 39.7 Å². The lowest BCUT2D eigenvalue weighted by Crippen LogP contribution is -2.60. The fourth-order valence-electron chi connectivity index (χ4n) is 6.17. The second kappa shape index (κ2) is 20.6. The van der Waals surface area contributed by atoms with Crippen LogP contribution in [0.1, 0.15) is 45.4 Å². The highest BCUT2D eigenvalue weighted by Crippen LogP contribution is 2.41. The third-order valence-electron chi connectivity index (χ3n) is 9.35. The van der Waals surface area contributed by atoms with Gasteiger partial charge in [0, 0.05) is 17.9 Å². The third kappa shape index (κ3) is 11.1. The number of hydrogen-bond acceptors (Lipinski definition) is 16. The predicted octanol–water partition coefficient (Wildman–Crippen LogP) is -0.273. The number of methoxy groups -OCH3 is 2. The molecule has 16 heteroatoms. The van der Waals surface area contributed by atoms with E-state index in [0.29, 0.717) is 29.7 Å². The second-order valence-electron chi connectivity index (χ2n) is 13.4. The molecule has 12 unspecified atom stereocenters. The number of allylic oxidation sites excluding steroid dienone is 5. The average molecular weight is 756 g/mol. The van der Waals surface area contributed by atoms with Gasteiger partial charge < -0.3 is 74.4 Å². The van der Waals surface area contributed by atoms with Crippen LogP contribution < -0.4 is 14.2 Å². The lowest BCUT2D eigenvalue weighted by Gasteiger charge is -2.41. The lowest BCUT2D eigenvalue weighted by atomic mass is 9.94. The molecule has 3 rings (SSSR count).